The van der Waals surface area contributed by atoms with E-state index in [9.17, 15) is 31.2 Å². The Balaban J connectivity index is 1.68. The van der Waals surface area contributed by atoms with Crippen molar-refractivity contribution in [3.63, 3.8) is 0 Å². The molecule has 2 aromatic carbocycles. The molecule has 0 saturated carbocycles. The molecule has 12 heteroatoms. The van der Waals surface area contributed by atoms with Gasteiger partial charge >= 0.3 is 6.18 Å². The highest BCUT2D eigenvalue weighted by Crippen LogP contribution is 2.30. The number of alkyl halides is 3. The number of nitrogens with one attached hydrogen (secondary N) is 2. The van der Waals surface area contributed by atoms with Crippen molar-refractivity contribution in [1.29, 1.82) is 0 Å². The summed E-state index contributed by atoms with van der Waals surface area (Å²) in [5.41, 5.74) is -0.988. The molecule has 0 saturated heterocycles. The van der Waals surface area contributed by atoms with Gasteiger partial charge in [0, 0.05) is 5.69 Å². The van der Waals surface area contributed by atoms with Gasteiger partial charge in [0.25, 0.3) is 5.56 Å². The van der Waals surface area contributed by atoms with Gasteiger partial charge in [-0.15, -0.1) is 0 Å². The summed E-state index contributed by atoms with van der Waals surface area (Å²) in [5.74, 6) is -0.906. The van der Waals surface area contributed by atoms with E-state index in [1.165, 1.54) is 18.2 Å². The van der Waals surface area contributed by atoms with E-state index in [2.05, 4.69) is 15.3 Å². The molecular weight excluding hydrogens is 467 g/mol. The number of hydrogen-bond acceptors (Lipinski definition) is 6. The largest absolute Gasteiger partial charge is 0.416 e. The Hall–Kier alpha value is -3.12. The zero-order valence-corrected chi connectivity index (χ0v) is 18.1. The van der Waals surface area contributed by atoms with Crippen LogP contribution in [0.1, 0.15) is 11.1 Å². The van der Waals surface area contributed by atoms with Gasteiger partial charge in [0.2, 0.25) is 15.7 Å². The molecule has 0 fully saturated rings. The van der Waals surface area contributed by atoms with Crippen LogP contribution in [0.15, 0.2) is 74.5 Å². The average molecular weight is 483 g/mol. The summed E-state index contributed by atoms with van der Waals surface area (Å²) < 4.78 is 63.5. The number of aryl methyl sites for hydroxylation is 1. The molecule has 0 bridgehead atoms. The molecule has 2 N–H and O–H groups in total. The summed E-state index contributed by atoms with van der Waals surface area (Å²) in [4.78, 5) is 29.9. The highest BCUT2D eigenvalue weighted by atomic mass is 32.2. The molecule has 0 spiro atoms. The van der Waals surface area contributed by atoms with Crippen LogP contribution >= 0.6 is 11.8 Å². The molecule has 0 unspecified atom stereocenters. The summed E-state index contributed by atoms with van der Waals surface area (Å²) in [5, 5.41) is 2.31. The lowest BCUT2D eigenvalue weighted by Crippen LogP contribution is -2.20. The van der Waals surface area contributed by atoms with Gasteiger partial charge in [-0.2, -0.15) is 13.2 Å². The van der Waals surface area contributed by atoms with Crippen LogP contribution < -0.4 is 10.9 Å². The van der Waals surface area contributed by atoms with Crippen molar-refractivity contribution in [3.8, 4) is 0 Å². The summed E-state index contributed by atoms with van der Waals surface area (Å²) >= 11 is 0.793. The summed E-state index contributed by atoms with van der Waals surface area (Å²) in [6.07, 6.45) is -3.64. The number of aromatic nitrogens is 2. The van der Waals surface area contributed by atoms with Crippen molar-refractivity contribution < 1.29 is 26.4 Å². The smallest absolute Gasteiger partial charge is 0.325 e. The number of carbonyl (C=O) groups excluding carboxylic acids is 1. The number of halogens is 3. The van der Waals surface area contributed by atoms with Crippen LogP contribution in [0.2, 0.25) is 0 Å². The van der Waals surface area contributed by atoms with Gasteiger partial charge < -0.3 is 10.3 Å². The Morgan fingerprint density at radius 2 is 1.84 bits per heavy atom. The summed E-state index contributed by atoms with van der Waals surface area (Å²) in [6, 6.07) is 10.1. The average Bonchev–Trinajstić information content (AvgIpc) is 2.72. The van der Waals surface area contributed by atoms with Crippen molar-refractivity contribution in [2.24, 2.45) is 0 Å². The third kappa shape index (κ3) is 5.56. The Bertz CT molecular complexity index is 1300. The van der Waals surface area contributed by atoms with Crippen molar-refractivity contribution in [2.75, 3.05) is 11.1 Å². The fourth-order valence-corrected chi connectivity index (χ4v) is 4.45. The first-order chi connectivity index (χ1) is 15.0. The van der Waals surface area contributed by atoms with Crippen molar-refractivity contribution >= 4 is 33.2 Å². The van der Waals surface area contributed by atoms with Crippen molar-refractivity contribution in [3.05, 3.63) is 76.2 Å². The lowest BCUT2D eigenvalue weighted by molar-refractivity contribution is -0.137. The minimum absolute atomic E-state index is 0.0166. The van der Waals surface area contributed by atoms with E-state index in [0.717, 1.165) is 41.7 Å². The fraction of sp³-hybridized carbons (Fsp3) is 0.150. The van der Waals surface area contributed by atoms with Crippen LogP contribution in [-0.4, -0.2) is 30.0 Å². The zero-order valence-electron chi connectivity index (χ0n) is 16.4. The van der Waals surface area contributed by atoms with E-state index in [1.54, 1.807) is 19.1 Å². The quantitative estimate of drug-likeness (QED) is 0.409. The first kappa shape index (κ1) is 23.5. The number of anilines is 1. The molecule has 0 radical (unpaired) electrons. The van der Waals surface area contributed by atoms with Gasteiger partial charge in [-0.05, 0) is 37.3 Å². The third-order valence-corrected chi connectivity index (χ3v) is 6.83. The van der Waals surface area contributed by atoms with Gasteiger partial charge in [0.15, 0.2) is 10.1 Å². The van der Waals surface area contributed by atoms with E-state index in [0.29, 0.717) is 0 Å². The molecule has 32 heavy (non-hydrogen) atoms. The standard InChI is InChI=1S/C20H16F3N3O4S2/c1-12-5-7-15(8-6-12)32(29,30)16-10-24-19(26-18(16)28)31-11-17(27)25-14-4-2-3-13(9-14)20(21,22)23/h2-10H,11H2,1H3,(H,25,27)(H,24,26,28). The maximum Gasteiger partial charge on any atom is 0.416 e. The van der Waals surface area contributed by atoms with Gasteiger partial charge in [-0.25, -0.2) is 13.4 Å². The number of amides is 1. The summed E-state index contributed by atoms with van der Waals surface area (Å²) in [6.45, 7) is 1.79. The first-order valence-electron chi connectivity index (χ1n) is 8.98. The summed E-state index contributed by atoms with van der Waals surface area (Å²) in [7, 11) is -4.08. The molecule has 0 aliphatic rings. The SMILES string of the molecule is Cc1ccc(S(=O)(=O)c2cnc(SCC(=O)Nc3cccc(C(F)(F)F)c3)[nH]c2=O)cc1. The number of sulfone groups is 1. The van der Waals surface area contributed by atoms with Crippen LogP contribution in [0.4, 0.5) is 18.9 Å². The Morgan fingerprint density at radius 1 is 1.16 bits per heavy atom. The molecule has 0 aliphatic carbocycles. The molecule has 1 aromatic heterocycles. The zero-order chi connectivity index (χ0) is 23.5. The first-order valence-corrected chi connectivity index (χ1v) is 11.4. The molecule has 0 atom stereocenters. The molecule has 3 aromatic rings. The number of benzene rings is 2. The lowest BCUT2D eigenvalue weighted by atomic mass is 10.2. The van der Waals surface area contributed by atoms with Crippen molar-refractivity contribution in [2.45, 2.75) is 28.0 Å². The second-order valence-corrected chi connectivity index (χ2v) is 9.50. The number of hydrogen-bond donors (Lipinski definition) is 2. The van der Waals surface area contributed by atoms with Crippen LogP contribution in [-0.2, 0) is 20.8 Å². The van der Waals surface area contributed by atoms with Crippen molar-refractivity contribution in [1.82, 2.24) is 9.97 Å². The number of nitrogens with zero attached hydrogens (tertiary/aromatic N) is 1. The normalized spacial score (nSPS) is 11.9. The number of carbonyl (C=O) groups is 1. The second kappa shape index (κ2) is 9.17. The second-order valence-electron chi connectivity index (χ2n) is 6.61. The molecule has 7 nitrogen and oxygen atoms in total. The molecule has 1 amide bonds. The number of H-pyrrole nitrogens is 1. The Morgan fingerprint density at radius 3 is 2.47 bits per heavy atom. The minimum atomic E-state index is -4.54. The molecule has 168 valence electrons. The fourth-order valence-electron chi connectivity index (χ4n) is 2.58. The highest BCUT2D eigenvalue weighted by Gasteiger charge is 2.30. The molecule has 3 rings (SSSR count). The predicted molar refractivity (Wildman–Crippen MR) is 112 cm³/mol. The van der Waals surface area contributed by atoms with Gasteiger partial charge in [-0.3, -0.25) is 9.59 Å². The Kier molecular flexibility index (Phi) is 6.74. The van der Waals surface area contributed by atoms with E-state index in [4.69, 9.17) is 0 Å². The predicted octanol–water partition coefficient (Wildman–Crippen LogP) is 3.66. The van der Waals surface area contributed by atoms with E-state index >= 15 is 0 Å². The number of thioether (sulfide) groups is 1. The van der Waals surface area contributed by atoms with E-state index in [-0.39, 0.29) is 21.5 Å². The molecular formula is C20H16F3N3O4S2. The minimum Gasteiger partial charge on any atom is -0.325 e. The maximum atomic E-state index is 12.8. The van der Waals surface area contributed by atoms with Gasteiger partial charge in [-0.1, -0.05) is 35.5 Å². The van der Waals surface area contributed by atoms with Crippen LogP contribution in [0.25, 0.3) is 0 Å². The van der Waals surface area contributed by atoms with E-state index in [1.807, 2.05) is 0 Å². The number of rotatable bonds is 6. The van der Waals surface area contributed by atoms with Crippen LogP contribution in [0.5, 0.6) is 0 Å². The highest BCUT2D eigenvalue weighted by molar-refractivity contribution is 7.99. The monoisotopic (exact) mass is 483 g/mol. The maximum absolute atomic E-state index is 12.8. The van der Waals surface area contributed by atoms with Crippen LogP contribution in [0.3, 0.4) is 0 Å². The Labute approximate surface area is 185 Å². The lowest BCUT2D eigenvalue weighted by Gasteiger charge is -2.09. The number of aromatic amines is 1. The molecule has 1 heterocycles. The van der Waals surface area contributed by atoms with E-state index < -0.39 is 37.9 Å². The van der Waals surface area contributed by atoms with Gasteiger partial charge in [0.05, 0.1) is 22.4 Å². The van der Waals surface area contributed by atoms with Gasteiger partial charge in [0.1, 0.15) is 0 Å². The topological polar surface area (TPSA) is 109 Å². The third-order valence-electron chi connectivity index (χ3n) is 4.18. The van der Waals surface area contributed by atoms with Crippen LogP contribution in [0, 0.1) is 6.92 Å². The molecule has 0 aliphatic heterocycles.